The molecule has 5 nitrogen and oxygen atoms in total. The van der Waals surface area contributed by atoms with Crippen molar-refractivity contribution in [3.63, 3.8) is 0 Å². The van der Waals surface area contributed by atoms with E-state index >= 15 is 0 Å². The lowest BCUT2D eigenvalue weighted by Gasteiger charge is -2.28. The van der Waals surface area contributed by atoms with Crippen LogP contribution in [0, 0.1) is 0 Å². The van der Waals surface area contributed by atoms with E-state index in [1.54, 1.807) is 0 Å². The molecule has 0 aromatic carbocycles. The number of allylic oxidation sites excluding steroid dienone is 3. The number of nitrogens with zero attached hydrogens (tertiary/aromatic N) is 2. The Balaban J connectivity index is 2.05. The highest BCUT2D eigenvalue weighted by atomic mass is 16.4. The Bertz CT molecular complexity index is 608. The van der Waals surface area contributed by atoms with Crippen molar-refractivity contribution in [2.24, 2.45) is 4.99 Å². The molecule has 1 aliphatic carbocycles. The lowest BCUT2D eigenvalue weighted by Crippen LogP contribution is -2.38. The number of hydrazine groups is 1. The van der Waals surface area contributed by atoms with E-state index in [2.05, 4.69) is 16.5 Å². The minimum absolute atomic E-state index is 0.00168. The minimum atomic E-state index is -0.837. The number of aliphatic carboxylic acids is 1. The van der Waals surface area contributed by atoms with Crippen molar-refractivity contribution in [3.05, 3.63) is 47.0 Å². The molecule has 19 heavy (non-hydrogen) atoms. The van der Waals surface area contributed by atoms with Crippen LogP contribution >= 0.6 is 0 Å². The van der Waals surface area contributed by atoms with Gasteiger partial charge in [-0.25, -0.2) is 10.4 Å². The van der Waals surface area contributed by atoms with Gasteiger partial charge in [0.15, 0.2) is 5.82 Å². The molecule has 2 aliphatic heterocycles. The third-order valence-corrected chi connectivity index (χ3v) is 3.57. The molecule has 0 spiro atoms. The van der Waals surface area contributed by atoms with Gasteiger partial charge < -0.3 is 5.11 Å². The molecule has 2 heterocycles. The second-order valence-corrected chi connectivity index (χ2v) is 4.80. The number of carboxylic acid groups (broad SMARTS) is 1. The first-order valence-corrected chi connectivity index (χ1v) is 6.20. The summed E-state index contributed by atoms with van der Waals surface area (Å²) >= 11 is 0. The van der Waals surface area contributed by atoms with Crippen molar-refractivity contribution in [1.82, 2.24) is 10.4 Å². The molecule has 0 saturated carbocycles. The number of fused-ring (bicyclic) bond motifs is 2. The van der Waals surface area contributed by atoms with Gasteiger partial charge in [0.25, 0.3) is 0 Å². The summed E-state index contributed by atoms with van der Waals surface area (Å²) in [5, 5.41) is 10.9. The summed E-state index contributed by atoms with van der Waals surface area (Å²) in [6.45, 7) is 3.79. The third-order valence-electron chi connectivity index (χ3n) is 3.57. The van der Waals surface area contributed by atoms with E-state index in [-0.39, 0.29) is 12.5 Å². The zero-order valence-corrected chi connectivity index (χ0v) is 10.8. The van der Waals surface area contributed by atoms with Gasteiger partial charge in [0, 0.05) is 22.6 Å². The minimum Gasteiger partial charge on any atom is -0.481 e. The van der Waals surface area contributed by atoms with Crippen LogP contribution in [0.4, 0.5) is 0 Å². The molecule has 0 bridgehead atoms. The maximum absolute atomic E-state index is 10.9. The fourth-order valence-corrected chi connectivity index (χ4v) is 2.60. The van der Waals surface area contributed by atoms with Gasteiger partial charge in [0.1, 0.15) is 0 Å². The zero-order valence-electron chi connectivity index (χ0n) is 10.8. The summed E-state index contributed by atoms with van der Waals surface area (Å²) < 4.78 is 0. The molecule has 0 radical (unpaired) electrons. The van der Waals surface area contributed by atoms with Crippen LogP contribution in [0.5, 0.6) is 0 Å². The molecule has 0 amide bonds. The highest BCUT2D eigenvalue weighted by Crippen LogP contribution is 2.34. The Kier molecular flexibility index (Phi) is 2.64. The third kappa shape index (κ3) is 1.82. The van der Waals surface area contributed by atoms with Crippen LogP contribution in [0.25, 0.3) is 0 Å². The lowest BCUT2D eigenvalue weighted by atomic mass is 10.0. The fraction of sp³-hybridized carbons (Fsp3) is 0.286. The van der Waals surface area contributed by atoms with Crippen molar-refractivity contribution in [2.45, 2.75) is 26.3 Å². The van der Waals surface area contributed by atoms with Crippen LogP contribution < -0.4 is 5.43 Å². The fourth-order valence-electron chi connectivity index (χ4n) is 2.60. The van der Waals surface area contributed by atoms with E-state index in [1.807, 2.05) is 37.1 Å². The van der Waals surface area contributed by atoms with Gasteiger partial charge in [-0.3, -0.25) is 9.80 Å². The Morgan fingerprint density at radius 3 is 3.00 bits per heavy atom. The van der Waals surface area contributed by atoms with Gasteiger partial charge in [0.2, 0.25) is 0 Å². The summed E-state index contributed by atoms with van der Waals surface area (Å²) in [6.07, 6.45) is 8.09. The molecule has 5 heteroatoms. The number of hydrogen-bond acceptors (Lipinski definition) is 4. The molecular weight excluding hydrogens is 242 g/mol. The molecule has 0 aromatic heterocycles. The van der Waals surface area contributed by atoms with Crippen LogP contribution in [-0.2, 0) is 4.79 Å². The highest BCUT2D eigenvalue weighted by Gasteiger charge is 2.34. The van der Waals surface area contributed by atoms with E-state index in [1.165, 1.54) is 0 Å². The van der Waals surface area contributed by atoms with Gasteiger partial charge in [0.05, 0.1) is 12.5 Å². The van der Waals surface area contributed by atoms with Crippen molar-refractivity contribution in [2.75, 3.05) is 0 Å². The maximum atomic E-state index is 10.9. The van der Waals surface area contributed by atoms with Gasteiger partial charge in [-0.05, 0) is 13.8 Å². The first-order chi connectivity index (χ1) is 9.08. The number of carbonyl (C=O) groups is 1. The normalized spacial score (nSPS) is 24.6. The molecule has 3 aliphatic rings. The Morgan fingerprint density at radius 2 is 2.26 bits per heavy atom. The smallest absolute Gasteiger partial charge is 0.307 e. The topological polar surface area (TPSA) is 64.9 Å². The van der Waals surface area contributed by atoms with E-state index in [0.717, 1.165) is 28.4 Å². The van der Waals surface area contributed by atoms with Crippen molar-refractivity contribution in [3.8, 4) is 0 Å². The summed E-state index contributed by atoms with van der Waals surface area (Å²) in [6, 6.07) is 0.121. The Morgan fingerprint density at radius 1 is 1.47 bits per heavy atom. The van der Waals surface area contributed by atoms with E-state index in [0.29, 0.717) is 0 Å². The number of hydrogen-bond donors (Lipinski definition) is 2. The van der Waals surface area contributed by atoms with Crippen LogP contribution in [0.3, 0.4) is 0 Å². The van der Waals surface area contributed by atoms with E-state index in [4.69, 9.17) is 5.11 Å². The van der Waals surface area contributed by atoms with Gasteiger partial charge in [-0.1, -0.05) is 24.3 Å². The number of carboxylic acids is 1. The van der Waals surface area contributed by atoms with Gasteiger partial charge >= 0.3 is 5.97 Å². The maximum Gasteiger partial charge on any atom is 0.307 e. The average molecular weight is 257 g/mol. The summed E-state index contributed by atoms with van der Waals surface area (Å²) in [5.74, 6) is 0.0335. The molecule has 1 atom stereocenters. The first-order valence-electron chi connectivity index (χ1n) is 6.20. The van der Waals surface area contributed by atoms with E-state index in [9.17, 15) is 4.79 Å². The summed E-state index contributed by atoms with van der Waals surface area (Å²) in [5.41, 5.74) is 6.92. The van der Waals surface area contributed by atoms with Crippen LogP contribution in [-0.4, -0.2) is 27.8 Å². The number of aliphatic imine (C=N–C) groups is 1. The molecule has 0 aromatic rings. The Hall–Kier alpha value is -2.14. The predicted octanol–water partition coefficient (Wildman–Crippen LogP) is 1.74. The molecule has 3 rings (SSSR count). The molecule has 98 valence electrons. The van der Waals surface area contributed by atoms with Gasteiger partial charge in [-0.2, -0.15) is 0 Å². The second kappa shape index (κ2) is 4.20. The highest BCUT2D eigenvalue weighted by molar-refractivity contribution is 6.03. The molecule has 0 unspecified atom stereocenters. The summed E-state index contributed by atoms with van der Waals surface area (Å²) in [7, 11) is 0. The monoisotopic (exact) mass is 257 g/mol. The molecule has 0 fully saturated rings. The van der Waals surface area contributed by atoms with Crippen LogP contribution in [0.1, 0.15) is 20.3 Å². The Labute approximate surface area is 111 Å². The molecular formula is C14H15N3O2. The number of nitrogens with one attached hydrogen (secondary N) is 1. The average Bonchev–Trinajstić information content (AvgIpc) is 2.73. The van der Waals surface area contributed by atoms with Crippen LogP contribution in [0.2, 0.25) is 0 Å². The lowest BCUT2D eigenvalue weighted by molar-refractivity contribution is -0.136. The molecule has 0 saturated heterocycles. The van der Waals surface area contributed by atoms with Crippen LogP contribution in [0.15, 0.2) is 52.0 Å². The van der Waals surface area contributed by atoms with Gasteiger partial charge in [-0.15, -0.1) is 0 Å². The zero-order chi connectivity index (χ0) is 13.6. The number of rotatable bonds is 2. The predicted molar refractivity (Wildman–Crippen MR) is 72.1 cm³/mol. The molecule has 2 N–H and O–H groups in total. The SMILES string of the molecule is CC1=NC2=C3C=CC=C[C@H]3NN2C(C)=C1CC(=O)O. The summed E-state index contributed by atoms with van der Waals surface area (Å²) in [4.78, 5) is 15.5. The van der Waals surface area contributed by atoms with E-state index < -0.39 is 5.97 Å². The van der Waals surface area contributed by atoms with Crippen molar-refractivity contribution in [1.29, 1.82) is 0 Å². The largest absolute Gasteiger partial charge is 0.481 e. The van der Waals surface area contributed by atoms with Crippen molar-refractivity contribution >= 4 is 11.7 Å². The van der Waals surface area contributed by atoms with Crippen molar-refractivity contribution < 1.29 is 9.90 Å². The second-order valence-electron chi connectivity index (χ2n) is 4.80. The standard InChI is InChI=1S/C14H15N3O2/c1-8-11(7-13(18)19)9(2)17-14(15-8)10-5-3-4-6-12(10)16-17/h3-6,12,16H,7H2,1-2H3,(H,18,19)/t12-/m1/s1. The quantitative estimate of drug-likeness (QED) is 0.790. The first kappa shape index (κ1) is 11.9.